The zero-order valence-corrected chi connectivity index (χ0v) is 12.7. The normalized spacial score (nSPS) is 19.8. The third-order valence-corrected chi connectivity index (χ3v) is 5.26. The van der Waals surface area contributed by atoms with Crippen molar-refractivity contribution in [2.75, 3.05) is 17.8 Å². The Bertz CT molecular complexity index is 532. The van der Waals surface area contributed by atoms with Gasteiger partial charge in [0, 0.05) is 18.8 Å². The molecule has 2 N–H and O–H groups in total. The second kappa shape index (κ2) is 6.11. The van der Waals surface area contributed by atoms with Crippen molar-refractivity contribution in [1.29, 1.82) is 0 Å². The molecule has 1 aliphatic rings. The lowest BCUT2D eigenvalue weighted by Crippen LogP contribution is -2.41. The highest BCUT2D eigenvalue weighted by molar-refractivity contribution is 7.90. The molecule has 1 saturated heterocycles. The quantitative estimate of drug-likeness (QED) is 0.894. The van der Waals surface area contributed by atoms with Crippen molar-refractivity contribution < 1.29 is 13.5 Å². The van der Waals surface area contributed by atoms with Crippen molar-refractivity contribution in [3.8, 4) is 0 Å². The van der Waals surface area contributed by atoms with E-state index in [0.29, 0.717) is 24.7 Å². The summed E-state index contributed by atoms with van der Waals surface area (Å²) in [6, 6.07) is 6.79. The van der Waals surface area contributed by atoms with Crippen molar-refractivity contribution in [1.82, 2.24) is 4.31 Å². The van der Waals surface area contributed by atoms with E-state index in [9.17, 15) is 13.5 Å². The van der Waals surface area contributed by atoms with Gasteiger partial charge in [0.05, 0.1) is 6.10 Å². The highest BCUT2D eigenvalue weighted by atomic mass is 32.2. The predicted octanol–water partition coefficient (Wildman–Crippen LogP) is 2.13. The summed E-state index contributed by atoms with van der Waals surface area (Å²) in [7, 11) is -3.47. The molecule has 2 rings (SSSR count). The summed E-state index contributed by atoms with van der Waals surface area (Å²) in [6.07, 6.45) is 1.26. The van der Waals surface area contributed by atoms with Crippen LogP contribution in [0.3, 0.4) is 0 Å². The molecule has 0 saturated carbocycles. The van der Waals surface area contributed by atoms with Gasteiger partial charge in [-0.1, -0.05) is 19.1 Å². The molecule has 1 aromatic carbocycles. The van der Waals surface area contributed by atoms with Crippen LogP contribution in [0, 0.1) is 5.92 Å². The van der Waals surface area contributed by atoms with Crippen molar-refractivity contribution in [3.63, 3.8) is 0 Å². The molecule has 0 amide bonds. The molecule has 0 bridgehead atoms. The molecule has 20 heavy (non-hydrogen) atoms. The van der Waals surface area contributed by atoms with Crippen LogP contribution in [0.4, 0.5) is 5.69 Å². The second-order valence-corrected chi connectivity index (χ2v) is 7.16. The second-order valence-electron chi connectivity index (χ2n) is 5.49. The Morgan fingerprint density at radius 3 is 2.30 bits per heavy atom. The largest absolute Gasteiger partial charge is 0.389 e. The maximum Gasteiger partial charge on any atom is 0.301 e. The molecular formula is C14H22N2O3S. The van der Waals surface area contributed by atoms with Gasteiger partial charge in [0.25, 0.3) is 0 Å². The van der Waals surface area contributed by atoms with Gasteiger partial charge in [-0.25, -0.2) is 0 Å². The van der Waals surface area contributed by atoms with Crippen LogP contribution in [0.2, 0.25) is 0 Å². The summed E-state index contributed by atoms with van der Waals surface area (Å²) < 4.78 is 28.6. The molecular weight excluding hydrogens is 276 g/mol. The Hall–Kier alpha value is -1.11. The molecule has 5 nitrogen and oxygen atoms in total. The fourth-order valence-electron chi connectivity index (χ4n) is 2.27. The minimum Gasteiger partial charge on any atom is -0.389 e. The maximum atomic E-state index is 12.2. The highest BCUT2D eigenvalue weighted by Crippen LogP contribution is 2.21. The van der Waals surface area contributed by atoms with Crippen molar-refractivity contribution >= 4 is 15.9 Å². The van der Waals surface area contributed by atoms with E-state index in [-0.39, 0.29) is 0 Å². The molecule has 1 atom stereocenters. The standard InChI is InChI=1S/C14H22N2O3S/c1-11-7-9-16(10-8-11)20(18,19)15-14-5-3-13(4-6-14)12(2)17/h3-6,11-12,15,17H,7-10H2,1-2H3. The number of hydrogen-bond donors (Lipinski definition) is 2. The summed E-state index contributed by atoms with van der Waals surface area (Å²) >= 11 is 0. The van der Waals surface area contributed by atoms with E-state index in [1.807, 2.05) is 0 Å². The zero-order chi connectivity index (χ0) is 14.8. The highest BCUT2D eigenvalue weighted by Gasteiger charge is 2.26. The maximum absolute atomic E-state index is 12.2. The minimum atomic E-state index is -3.47. The summed E-state index contributed by atoms with van der Waals surface area (Å²) in [4.78, 5) is 0. The van der Waals surface area contributed by atoms with Gasteiger partial charge in [-0.05, 0) is 43.4 Å². The van der Waals surface area contributed by atoms with Gasteiger partial charge in [0.2, 0.25) is 0 Å². The number of nitrogens with zero attached hydrogens (tertiary/aromatic N) is 1. The van der Waals surface area contributed by atoms with Crippen LogP contribution in [0.15, 0.2) is 24.3 Å². The van der Waals surface area contributed by atoms with E-state index in [2.05, 4.69) is 11.6 Å². The number of rotatable bonds is 4. The average Bonchev–Trinajstić information content (AvgIpc) is 2.39. The number of hydrogen-bond acceptors (Lipinski definition) is 3. The molecule has 1 fully saturated rings. The third-order valence-electron chi connectivity index (χ3n) is 3.72. The number of nitrogens with one attached hydrogen (secondary N) is 1. The smallest absolute Gasteiger partial charge is 0.301 e. The van der Waals surface area contributed by atoms with Crippen LogP contribution in [-0.2, 0) is 10.2 Å². The molecule has 0 spiro atoms. The van der Waals surface area contributed by atoms with Crippen LogP contribution >= 0.6 is 0 Å². The van der Waals surface area contributed by atoms with Gasteiger partial charge >= 0.3 is 10.2 Å². The first kappa shape index (κ1) is 15.3. The van der Waals surface area contributed by atoms with E-state index in [0.717, 1.165) is 18.4 Å². The molecule has 0 aliphatic carbocycles. The van der Waals surface area contributed by atoms with Gasteiger partial charge in [0.1, 0.15) is 0 Å². The first-order valence-electron chi connectivity index (χ1n) is 6.94. The summed E-state index contributed by atoms with van der Waals surface area (Å²) in [6.45, 7) is 4.96. The lowest BCUT2D eigenvalue weighted by atomic mass is 10.0. The number of piperidine rings is 1. The molecule has 1 aromatic rings. The van der Waals surface area contributed by atoms with Crippen LogP contribution in [0.5, 0.6) is 0 Å². The minimum absolute atomic E-state index is 0.521. The summed E-state index contributed by atoms with van der Waals surface area (Å²) in [5, 5.41) is 9.43. The zero-order valence-electron chi connectivity index (χ0n) is 11.9. The van der Waals surface area contributed by atoms with E-state index in [4.69, 9.17) is 0 Å². The topological polar surface area (TPSA) is 69.6 Å². The predicted molar refractivity (Wildman–Crippen MR) is 79.6 cm³/mol. The monoisotopic (exact) mass is 298 g/mol. The molecule has 6 heteroatoms. The third kappa shape index (κ3) is 3.71. The summed E-state index contributed by atoms with van der Waals surface area (Å²) in [5.41, 5.74) is 1.28. The summed E-state index contributed by atoms with van der Waals surface area (Å²) in [5.74, 6) is 0.590. The van der Waals surface area contributed by atoms with Gasteiger partial charge < -0.3 is 5.11 Å². The van der Waals surface area contributed by atoms with Crippen LogP contribution < -0.4 is 4.72 Å². The number of aliphatic hydroxyl groups is 1. The van der Waals surface area contributed by atoms with Crippen LogP contribution in [0.25, 0.3) is 0 Å². The fourth-order valence-corrected chi connectivity index (χ4v) is 3.52. The Morgan fingerprint density at radius 2 is 1.80 bits per heavy atom. The molecule has 1 heterocycles. The lowest BCUT2D eigenvalue weighted by Gasteiger charge is -2.29. The van der Waals surface area contributed by atoms with Crippen molar-refractivity contribution in [2.45, 2.75) is 32.8 Å². The lowest BCUT2D eigenvalue weighted by molar-refractivity contribution is 0.199. The van der Waals surface area contributed by atoms with E-state index in [1.54, 1.807) is 31.2 Å². The Kier molecular flexibility index (Phi) is 4.67. The van der Waals surface area contributed by atoms with Gasteiger partial charge in [0.15, 0.2) is 0 Å². The van der Waals surface area contributed by atoms with Gasteiger partial charge in [-0.15, -0.1) is 0 Å². The molecule has 0 aromatic heterocycles. The molecule has 1 aliphatic heterocycles. The van der Waals surface area contributed by atoms with E-state index in [1.165, 1.54) is 4.31 Å². The Morgan fingerprint density at radius 1 is 1.25 bits per heavy atom. The van der Waals surface area contributed by atoms with Crippen molar-refractivity contribution in [2.24, 2.45) is 5.92 Å². The Balaban J connectivity index is 2.04. The van der Waals surface area contributed by atoms with Gasteiger partial charge in [-0.3, -0.25) is 4.72 Å². The van der Waals surface area contributed by atoms with E-state index >= 15 is 0 Å². The number of aliphatic hydroxyl groups excluding tert-OH is 1. The molecule has 0 radical (unpaired) electrons. The Labute approximate surface area is 120 Å². The van der Waals surface area contributed by atoms with E-state index < -0.39 is 16.3 Å². The van der Waals surface area contributed by atoms with Gasteiger partial charge in [-0.2, -0.15) is 12.7 Å². The first-order valence-corrected chi connectivity index (χ1v) is 8.38. The fraction of sp³-hybridized carbons (Fsp3) is 0.571. The number of anilines is 1. The van der Waals surface area contributed by atoms with Crippen LogP contribution in [-0.4, -0.2) is 30.9 Å². The van der Waals surface area contributed by atoms with Crippen molar-refractivity contribution in [3.05, 3.63) is 29.8 Å². The average molecular weight is 298 g/mol. The molecule has 1 unspecified atom stereocenters. The SMILES string of the molecule is CC1CCN(S(=O)(=O)Nc2ccc(C(C)O)cc2)CC1. The first-order chi connectivity index (χ1) is 9.38. The molecule has 112 valence electrons. The van der Waals surface area contributed by atoms with Crippen LogP contribution in [0.1, 0.15) is 38.4 Å². The number of benzene rings is 1.